The van der Waals surface area contributed by atoms with Crippen LogP contribution in [-0.2, 0) is 19.1 Å². The van der Waals surface area contributed by atoms with E-state index in [1.54, 1.807) is 0 Å². The Labute approximate surface area is 98.3 Å². The number of esters is 1. The minimum atomic E-state index is -0.934. The molecule has 2 N–H and O–H groups in total. The van der Waals surface area contributed by atoms with Crippen LogP contribution in [0, 0.1) is 11.8 Å². The summed E-state index contributed by atoms with van der Waals surface area (Å²) < 4.78 is 4.73. The second-order valence-electron chi connectivity index (χ2n) is 4.50. The van der Waals surface area contributed by atoms with Gasteiger partial charge in [0.15, 0.2) is 0 Å². The molecule has 1 aliphatic heterocycles. The number of carbonyl (C=O) groups is 3. The third-order valence-corrected chi connectivity index (χ3v) is 3.42. The Bertz CT molecular complexity index is 354. The Hall–Kier alpha value is -1.59. The van der Waals surface area contributed by atoms with E-state index in [-0.39, 0.29) is 5.91 Å². The van der Waals surface area contributed by atoms with E-state index in [1.165, 1.54) is 0 Å². The summed E-state index contributed by atoms with van der Waals surface area (Å²) in [4.78, 5) is 34.0. The largest absolute Gasteiger partial charge is 0.481 e. The minimum absolute atomic E-state index is 0.316. The van der Waals surface area contributed by atoms with Crippen LogP contribution in [0.15, 0.2) is 0 Å². The maximum atomic E-state index is 11.9. The number of cyclic esters (lactones) is 1. The first-order valence-corrected chi connectivity index (χ1v) is 5.79. The topological polar surface area (TPSA) is 92.7 Å². The third-order valence-electron chi connectivity index (χ3n) is 3.42. The van der Waals surface area contributed by atoms with Crippen molar-refractivity contribution in [1.29, 1.82) is 0 Å². The SMILES string of the molecule is O=C1OCCC1NC(=O)[C@@H]1CCC[C@@H]1C(=O)O. The highest BCUT2D eigenvalue weighted by molar-refractivity contribution is 5.89. The minimum Gasteiger partial charge on any atom is -0.481 e. The standard InChI is InChI=1S/C11H15NO5/c13-9(12-8-4-5-17-11(8)16)6-2-1-3-7(6)10(14)15/h6-8H,1-5H2,(H,12,13)(H,14,15)/t6-,7+,8?/m1/s1. The van der Waals surface area contributed by atoms with Crippen LogP contribution >= 0.6 is 0 Å². The highest BCUT2D eigenvalue weighted by Crippen LogP contribution is 2.32. The molecule has 0 aromatic heterocycles. The maximum Gasteiger partial charge on any atom is 0.328 e. The Kier molecular flexibility index (Phi) is 3.31. The Morgan fingerprint density at radius 3 is 2.53 bits per heavy atom. The Morgan fingerprint density at radius 1 is 1.24 bits per heavy atom. The molecular formula is C11H15NO5. The highest BCUT2D eigenvalue weighted by Gasteiger charge is 2.39. The van der Waals surface area contributed by atoms with Gasteiger partial charge in [0.1, 0.15) is 6.04 Å². The van der Waals surface area contributed by atoms with Crippen molar-refractivity contribution in [3.8, 4) is 0 Å². The number of hydrogen-bond acceptors (Lipinski definition) is 4. The van der Waals surface area contributed by atoms with Crippen LogP contribution in [0.3, 0.4) is 0 Å². The zero-order valence-corrected chi connectivity index (χ0v) is 9.35. The molecule has 1 amide bonds. The molecule has 1 unspecified atom stereocenters. The van der Waals surface area contributed by atoms with E-state index in [0.29, 0.717) is 25.9 Å². The quantitative estimate of drug-likeness (QED) is 0.674. The lowest BCUT2D eigenvalue weighted by molar-refractivity contribution is -0.146. The van der Waals surface area contributed by atoms with E-state index in [0.717, 1.165) is 6.42 Å². The fourth-order valence-electron chi connectivity index (χ4n) is 2.48. The molecule has 0 radical (unpaired) electrons. The average Bonchev–Trinajstić information content (AvgIpc) is 2.87. The summed E-state index contributed by atoms with van der Waals surface area (Å²) in [5, 5.41) is 11.6. The summed E-state index contributed by atoms with van der Waals surface area (Å²) in [6.45, 7) is 0.316. The number of amides is 1. The molecule has 1 saturated carbocycles. The molecule has 2 aliphatic rings. The number of rotatable bonds is 3. The second kappa shape index (κ2) is 4.73. The van der Waals surface area contributed by atoms with E-state index < -0.39 is 29.8 Å². The van der Waals surface area contributed by atoms with Crippen molar-refractivity contribution in [2.45, 2.75) is 31.7 Å². The fourth-order valence-corrected chi connectivity index (χ4v) is 2.48. The lowest BCUT2D eigenvalue weighted by atomic mass is 9.95. The van der Waals surface area contributed by atoms with Gasteiger partial charge in [0.25, 0.3) is 0 Å². The number of aliphatic carboxylic acids is 1. The summed E-state index contributed by atoms with van der Waals surface area (Å²) in [7, 11) is 0. The molecule has 1 saturated heterocycles. The van der Waals surface area contributed by atoms with Crippen molar-refractivity contribution in [2.75, 3.05) is 6.61 Å². The number of carboxylic acids is 1. The molecule has 6 nitrogen and oxygen atoms in total. The van der Waals surface area contributed by atoms with Crippen molar-refractivity contribution >= 4 is 17.8 Å². The molecule has 1 aliphatic carbocycles. The number of carbonyl (C=O) groups excluding carboxylic acids is 2. The van der Waals surface area contributed by atoms with E-state index in [4.69, 9.17) is 9.84 Å². The normalized spacial score (nSPS) is 32.2. The Balaban J connectivity index is 1.95. The van der Waals surface area contributed by atoms with Crippen molar-refractivity contribution in [1.82, 2.24) is 5.32 Å². The summed E-state index contributed by atoms with van der Waals surface area (Å²) in [5.41, 5.74) is 0. The zero-order valence-electron chi connectivity index (χ0n) is 9.35. The summed E-state index contributed by atoms with van der Waals surface area (Å²) >= 11 is 0. The molecule has 17 heavy (non-hydrogen) atoms. The van der Waals surface area contributed by atoms with Crippen LogP contribution in [0.5, 0.6) is 0 Å². The number of carboxylic acid groups (broad SMARTS) is 1. The molecule has 1 heterocycles. The molecular weight excluding hydrogens is 226 g/mol. The molecule has 6 heteroatoms. The third kappa shape index (κ3) is 2.40. The molecule has 94 valence electrons. The average molecular weight is 241 g/mol. The number of nitrogens with one attached hydrogen (secondary N) is 1. The van der Waals surface area contributed by atoms with Gasteiger partial charge in [-0.25, -0.2) is 4.79 Å². The lowest BCUT2D eigenvalue weighted by Gasteiger charge is -2.17. The predicted molar refractivity (Wildman–Crippen MR) is 56.0 cm³/mol. The van der Waals surface area contributed by atoms with E-state index in [2.05, 4.69) is 5.32 Å². The molecule has 3 atom stereocenters. The summed E-state index contributed by atoms with van der Waals surface area (Å²) in [5.74, 6) is -2.83. The summed E-state index contributed by atoms with van der Waals surface area (Å²) in [6, 6.07) is -0.599. The van der Waals surface area contributed by atoms with E-state index in [9.17, 15) is 14.4 Å². The van der Waals surface area contributed by atoms with Crippen LogP contribution in [0.25, 0.3) is 0 Å². The summed E-state index contributed by atoms with van der Waals surface area (Å²) in [6.07, 6.45) is 2.31. The molecule has 2 rings (SSSR count). The van der Waals surface area contributed by atoms with Crippen molar-refractivity contribution in [3.63, 3.8) is 0 Å². The number of hydrogen-bond donors (Lipinski definition) is 2. The molecule has 0 aromatic carbocycles. The van der Waals surface area contributed by atoms with Gasteiger partial charge < -0.3 is 15.2 Å². The van der Waals surface area contributed by atoms with Crippen LogP contribution in [0.4, 0.5) is 0 Å². The zero-order chi connectivity index (χ0) is 12.4. The van der Waals surface area contributed by atoms with Gasteiger partial charge in [0.2, 0.25) is 5.91 Å². The van der Waals surface area contributed by atoms with Gasteiger partial charge in [-0.3, -0.25) is 9.59 Å². The smallest absolute Gasteiger partial charge is 0.328 e. The number of ether oxygens (including phenoxy) is 1. The van der Waals surface area contributed by atoms with Gasteiger partial charge in [0, 0.05) is 6.42 Å². The second-order valence-corrected chi connectivity index (χ2v) is 4.50. The maximum absolute atomic E-state index is 11.9. The van der Waals surface area contributed by atoms with Crippen LogP contribution in [0.1, 0.15) is 25.7 Å². The Morgan fingerprint density at radius 2 is 1.94 bits per heavy atom. The van der Waals surface area contributed by atoms with Crippen LogP contribution in [-0.4, -0.2) is 35.6 Å². The first-order valence-electron chi connectivity index (χ1n) is 5.79. The molecule has 0 bridgehead atoms. The first kappa shape index (κ1) is 11.9. The van der Waals surface area contributed by atoms with Gasteiger partial charge >= 0.3 is 11.9 Å². The predicted octanol–water partition coefficient (Wildman–Crippen LogP) is -0.0810. The van der Waals surface area contributed by atoms with Gasteiger partial charge in [0.05, 0.1) is 18.4 Å². The van der Waals surface area contributed by atoms with Crippen molar-refractivity contribution in [2.24, 2.45) is 11.8 Å². The fraction of sp³-hybridized carbons (Fsp3) is 0.727. The van der Waals surface area contributed by atoms with Crippen LogP contribution in [0.2, 0.25) is 0 Å². The first-order chi connectivity index (χ1) is 8.09. The molecule has 0 spiro atoms. The highest BCUT2D eigenvalue weighted by atomic mass is 16.5. The molecule has 0 aromatic rings. The molecule has 2 fully saturated rings. The monoisotopic (exact) mass is 241 g/mol. The van der Waals surface area contributed by atoms with Gasteiger partial charge in [-0.05, 0) is 12.8 Å². The lowest BCUT2D eigenvalue weighted by Crippen LogP contribution is -2.43. The van der Waals surface area contributed by atoms with Crippen LogP contribution < -0.4 is 5.32 Å². The van der Waals surface area contributed by atoms with Crippen molar-refractivity contribution in [3.05, 3.63) is 0 Å². The van der Waals surface area contributed by atoms with Gasteiger partial charge in [-0.2, -0.15) is 0 Å². The van der Waals surface area contributed by atoms with Gasteiger partial charge in [-0.1, -0.05) is 6.42 Å². The van der Waals surface area contributed by atoms with Gasteiger partial charge in [-0.15, -0.1) is 0 Å². The van der Waals surface area contributed by atoms with Crippen molar-refractivity contribution < 1.29 is 24.2 Å². The van der Waals surface area contributed by atoms with E-state index in [1.807, 2.05) is 0 Å². The van der Waals surface area contributed by atoms with E-state index >= 15 is 0 Å².